The smallest absolute Gasteiger partial charge is 0.407 e. The molecule has 1 aromatic carbocycles. The molecule has 0 radical (unpaired) electrons. The molecular weight excluding hydrogens is 406 g/mol. The van der Waals surface area contributed by atoms with Gasteiger partial charge in [0.25, 0.3) is 0 Å². The van der Waals surface area contributed by atoms with E-state index in [0.29, 0.717) is 46.2 Å². The molecule has 7 nitrogen and oxygen atoms in total. The molecule has 0 atom stereocenters. The predicted molar refractivity (Wildman–Crippen MR) is 120 cm³/mol. The lowest BCUT2D eigenvalue weighted by Crippen LogP contribution is -2.44. The molecule has 0 saturated carbocycles. The molecule has 0 aromatic heterocycles. The molecule has 0 aliphatic heterocycles. The molecule has 0 aliphatic rings. The molecule has 0 fully saturated rings. The molecular formula is C22H37NO6S. The number of alkyl carbamates (subject to hydrolysis) is 1. The summed E-state index contributed by atoms with van der Waals surface area (Å²) in [5.74, 6) is 1.85. The average molecular weight is 444 g/mol. The average Bonchev–Trinajstić information content (AvgIpc) is 2.73. The van der Waals surface area contributed by atoms with Gasteiger partial charge in [0.2, 0.25) is 0 Å². The fourth-order valence-corrected chi connectivity index (χ4v) is 3.42. The van der Waals surface area contributed by atoms with Gasteiger partial charge in [-0.25, -0.2) is 4.79 Å². The normalized spacial score (nSPS) is 11.4. The molecule has 0 aliphatic carbocycles. The van der Waals surface area contributed by atoms with Crippen molar-refractivity contribution >= 4 is 17.9 Å². The molecule has 0 bridgehead atoms. The van der Waals surface area contributed by atoms with Crippen LogP contribution in [0.4, 0.5) is 4.79 Å². The van der Waals surface area contributed by atoms with E-state index in [2.05, 4.69) is 5.32 Å². The van der Waals surface area contributed by atoms with Crippen LogP contribution < -0.4 is 5.32 Å². The molecule has 30 heavy (non-hydrogen) atoms. The second-order valence-corrected chi connectivity index (χ2v) is 8.49. The van der Waals surface area contributed by atoms with E-state index in [-0.39, 0.29) is 18.2 Å². The maximum absolute atomic E-state index is 12.0. The second kappa shape index (κ2) is 17.4. The highest BCUT2D eigenvalue weighted by Crippen LogP contribution is 2.14. The summed E-state index contributed by atoms with van der Waals surface area (Å²) in [6.07, 6.45) is 0.464. The third-order valence-corrected chi connectivity index (χ3v) is 5.02. The van der Waals surface area contributed by atoms with Crippen molar-refractivity contribution in [2.75, 3.05) is 64.9 Å². The number of carbonyl (C=O) groups excluding carboxylic acids is 1. The van der Waals surface area contributed by atoms with Crippen molar-refractivity contribution < 1.29 is 28.5 Å². The Morgan fingerprint density at radius 1 is 0.900 bits per heavy atom. The van der Waals surface area contributed by atoms with Gasteiger partial charge in [-0.05, 0) is 31.6 Å². The van der Waals surface area contributed by atoms with E-state index < -0.39 is 0 Å². The zero-order chi connectivity index (χ0) is 21.9. The van der Waals surface area contributed by atoms with E-state index in [0.717, 1.165) is 23.5 Å². The van der Waals surface area contributed by atoms with Gasteiger partial charge >= 0.3 is 6.09 Å². The van der Waals surface area contributed by atoms with Crippen molar-refractivity contribution in [3.63, 3.8) is 0 Å². The molecule has 0 spiro atoms. The minimum absolute atomic E-state index is 0.277. The molecule has 1 rings (SSSR count). The van der Waals surface area contributed by atoms with Gasteiger partial charge in [0.05, 0.1) is 46.2 Å². The zero-order valence-corrected chi connectivity index (χ0v) is 19.3. The summed E-state index contributed by atoms with van der Waals surface area (Å²) in [5, 5.41) is 2.93. The Kier molecular flexibility index (Phi) is 15.5. The lowest BCUT2D eigenvalue weighted by Gasteiger charge is -2.25. The maximum Gasteiger partial charge on any atom is 0.407 e. The van der Waals surface area contributed by atoms with Crippen molar-refractivity contribution in [2.24, 2.45) is 0 Å². The van der Waals surface area contributed by atoms with E-state index in [1.54, 1.807) is 7.11 Å². The van der Waals surface area contributed by atoms with Crippen LogP contribution in [0.25, 0.3) is 0 Å². The monoisotopic (exact) mass is 443 g/mol. The molecule has 1 N–H and O–H groups in total. The number of thioether (sulfide) groups is 1. The Labute approximate surface area is 185 Å². The van der Waals surface area contributed by atoms with Crippen LogP contribution in [0.1, 0.15) is 25.8 Å². The summed E-state index contributed by atoms with van der Waals surface area (Å²) in [7, 11) is 1.65. The molecule has 0 unspecified atom stereocenters. The van der Waals surface area contributed by atoms with Crippen LogP contribution in [-0.2, 0) is 30.3 Å². The molecule has 1 amide bonds. The topological polar surface area (TPSA) is 75.3 Å². The molecule has 8 heteroatoms. The first-order valence-electron chi connectivity index (χ1n) is 10.3. The summed E-state index contributed by atoms with van der Waals surface area (Å²) in [6.45, 7) is 8.46. The highest BCUT2D eigenvalue weighted by molar-refractivity contribution is 7.99. The van der Waals surface area contributed by atoms with E-state index in [4.69, 9.17) is 23.7 Å². The number of methoxy groups -OCH3 is 1. The Balaban J connectivity index is 1.93. The highest BCUT2D eigenvalue weighted by Gasteiger charge is 2.20. The van der Waals surface area contributed by atoms with Crippen molar-refractivity contribution in [1.82, 2.24) is 5.32 Å². The summed E-state index contributed by atoms with van der Waals surface area (Å²) in [4.78, 5) is 12.0. The number of nitrogens with one attached hydrogen (secondary N) is 1. The number of hydrogen-bond donors (Lipinski definition) is 1. The van der Waals surface area contributed by atoms with Gasteiger partial charge in [-0.1, -0.05) is 30.3 Å². The Morgan fingerprint density at radius 3 is 2.13 bits per heavy atom. The predicted octanol–water partition coefficient (Wildman–Crippen LogP) is 3.51. The van der Waals surface area contributed by atoms with Crippen molar-refractivity contribution in [2.45, 2.75) is 32.4 Å². The SMILES string of the molecule is COCCOCCOCCOCCSCCC(C)(C)NC(=O)OCc1ccccc1. The summed E-state index contributed by atoms with van der Waals surface area (Å²) < 4.78 is 26.5. The minimum Gasteiger partial charge on any atom is -0.445 e. The van der Waals surface area contributed by atoms with E-state index in [1.807, 2.05) is 55.9 Å². The van der Waals surface area contributed by atoms with Crippen LogP contribution in [0.2, 0.25) is 0 Å². The van der Waals surface area contributed by atoms with Crippen LogP contribution in [0.15, 0.2) is 30.3 Å². The number of amides is 1. The fourth-order valence-electron chi connectivity index (χ4n) is 2.33. The standard InChI is InChI=1S/C22H37NO6S/c1-22(2,23-21(24)29-19-20-7-5-4-6-8-20)9-17-30-18-16-28-15-14-27-13-12-26-11-10-25-3/h4-8H,9-19H2,1-3H3,(H,23,24). The first-order chi connectivity index (χ1) is 14.5. The molecule has 1 aromatic rings. The minimum atomic E-state index is -0.388. The molecule has 172 valence electrons. The maximum atomic E-state index is 12.0. The van der Waals surface area contributed by atoms with Gasteiger partial charge in [-0.15, -0.1) is 0 Å². The van der Waals surface area contributed by atoms with Gasteiger partial charge in [0, 0.05) is 18.4 Å². The number of hydrogen-bond acceptors (Lipinski definition) is 7. The van der Waals surface area contributed by atoms with Crippen LogP contribution in [-0.4, -0.2) is 76.5 Å². The van der Waals surface area contributed by atoms with Gasteiger partial charge in [-0.2, -0.15) is 11.8 Å². The van der Waals surface area contributed by atoms with Crippen LogP contribution in [0.3, 0.4) is 0 Å². The van der Waals surface area contributed by atoms with E-state index in [9.17, 15) is 4.79 Å². The van der Waals surface area contributed by atoms with Crippen molar-refractivity contribution in [3.05, 3.63) is 35.9 Å². The highest BCUT2D eigenvalue weighted by atomic mass is 32.2. The summed E-state index contributed by atoms with van der Waals surface area (Å²) in [6, 6.07) is 9.65. The Hall–Kier alpha value is -1.32. The van der Waals surface area contributed by atoms with Crippen molar-refractivity contribution in [3.8, 4) is 0 Å². The van der Waals surface area contributed by atoms with E-state index >= 15 is 0 Å². The number of carbonyl (C=O) groups is 1. The quantitative estimate of drug-likeness (QED) is 0.348. The number of rotatable bonds is 18. The fraction of sp³-hybridized carbons (Fsp3) is 0.682. The lowest BCUT2D eigenvalue weighted by molar-refractivity contribution is 0.00565. The van der Waals surface area contributed by atoms with Crippen molar-refractivity contribution in [1.29, 1.82) is 0 Å². The summed E-state index contributed by atoms with van der Waals surface area (Å²) >= 11 is 1.81. The van der Waals surface area contributed by atoms with Gasteiger partial charge < -0.3 is 29.0 Å². The van der Waals surface area contributed by atoms with Gasteiger partial charge in [-0.3, -0.25) is 0 Å². The first-order valence-corrected chi connectivity index (χ1v) is 11.5. The first kappa shape index (κ1) is 26.7. The third kappa shape index (κ3) is 15.5. The zero-order valence-electron chi connectivity index (χ0n) is 18.5. The number of ether oxygens (including phenoxy) is 5. The third-order valence-electron chi connectivity index (χ3n) is 4.07. The Bertz CT molecular complexity index is 544. The summed E-state index contributed by atoms with van der Waals surface area (Å²) in [5.41, 5.74) is 0.655. The second-order valence-electron chi connectivity index (χ2n) is 7.26. The van der Waals surface area contributed by atoms with Crippen LogP contribution in [0.5, 0.6) is 0 Å². The largest absolute Gasteiger partial charge is 0.445 e. The lowest BCUT2D eigenvalue weighted by atomic mass is 10.0. The van der Waals surface area contributed by atoms with Crippen LogP contribution in [0, 0.1) is 0 Å². The van der Waals surface area contributed by atoms with E-state index in [1.165, 1.54) is 0 Å². The Morgan fingerprint density at radius 2 is 1.50 bits per heavy atom. The van der Waals surface area contributed by atoms with Gasteiger partial charge in [0.1, 0.15) is 6.61 Å². The molecule has 0 saturated heterocycles. The number of benzene rings is 1. The van der Waals surface area contributed by atoms with Gasteiger partial charge in [0.15, 0.2) is 0 Å². The molecule has 0 heterocycles. The van der Waals surface area contributed by atoms with Crippen LogP contribution >= 0.6 is 11.8 Å².